The molecule has 1 aliphatic rings. The first-order valence-electron chi connectivity index (χ1n) is 6.14. The van der Waals surface area contributed by atoms with Gasteiger partial charge in [-0.15, -0.1) is 11.3 Å². The molecule has 0 aliphatic heterocycles. The highest BCUT2D eigenvalue weighted by molar-refractivity contribution is 7.90. The van der Waals surface area contributed by atoms with E-state index in [1.54, 1.807) is 0 Å². The van der Waals surface area contributed by atoms with Crippen molar-refractivity contribution in [2.75, 3.05) is 29.6 Å². The fraction of sp³-hybridized carbons (Fsp3) is 0.583. The molecule has 0 bridgehead atoms. The molecule has 0 amide bonds. The van der Waals surface area contributed by atoms with Gasteiger partial charge in [0.15, 0.2) is 5.78 Å². The molecule has 2 rings (SSSR count). The molecule has 1 saturated carbocycles. The van der Waals surface area contributed by atoms with Crippen LogP contribution in [0.2, 0.25) is 0 Å². The molecule has 1 fully saturated rings. The average Bonchev–Trinajstić information content (AvgIpc) is 3.02. The molecular weight excluding hydrogens is 284 g/mol. The first-order valence-corrected chi connectivity index (χ1v) is 9.02. The maximum atomic E-state index is 11.5. The minimum Gasteiger partial charge on any atom is -0.397 e. The molecule has 3 N–H and O–H groups in total. The van der Waals surface area contributed by atoms with Crippen molar-refractivity contribution in [2.24, 2.45) is 0 Å². The van der Waals surface area contributed by atoms with Gasteiger partial charge in [-0.25, -0.2) is 8.42 Å². The zero-order valence-corrected chi connectivity index (χ0v) is 12.7. The normalized spacial score (nSPS) is 15.5. The van der Waals surface area contributed by atoms with Crippen molar-refractivity contribution in [1.29, 1.82) is 0 Å². The van der Waals surface area contributed by atoms with Crippen molar-refractivity contribution in [3.8, 4) is 0 Å². The summed E-state index contributed by atoms with van der Waals surface area (Å²) in [5.74, 6) is 0.454. The lowest BCUT2D eigenvalue weighted by Crippen LogP contribution is -2.14. The summed E-state index contributed by atoms with van der Waals surface area (Å²) in [6, 6.07) is 0. The second-order valence-corrected chi connectivity index (χ2v) is 8.26. The molecule has 0 radical (unpaired) electrons. The van der Waals surface area contributed by atoms with Gasteiger partial charge in [-0.2, -0.15) is 0 Å². The van der Waals surface area contributed by atoms with Crippen LogP contribution < -0.4 is 11.1 Å². The number of hydrogen-bond acceptors (Lipinski definition) is 6. The molecule has 0 saturated heterocycles. The summed E-state index contributed by atoms with van der Waals surface area (Å²) in [6.07, 6.45) is 3.37. The Balaban J connectivity index is 2.19. The number of sulfone groups is 1. The van der Waals surface area contributed by atoms with Crippen molar-refractivity contribution in [1.82, 2.24) is 0 Å². The van der Waals surface area contributed by atoms with E-state index in [0.29, 0.717) is 23.0 Å². The second-order valence-electron chi connectivity index (χ2n) is 4.97. The molecule has 7 heteroatoms. The van der Waals surface area contributed by atoms with Crippen LogP contribution in [0.4, 0.5) is 10.7 Å². The molecular formula is C12H18N2O3S2. The standard InChI is InChI=1S/C12H18N2O3S2/c1-7(15)11-10(13)9(8-3-4-8)12(18-11)14-5-6-19(2,16)17/h8,14H,3-6,13H2,1-2H3. The highest BCUT2D eigenvalue weighted by Crippen LogP contribution is 2.50. The summed E-state index contributed by atoms with van der Waals surface area (Å²) in [4.78, 5) is 12.1. The summed E-state index contributed by atoms with van der Waals surface area (Å²) < 4.78 is 22.2. The average molecular weight is 302 g/mol. The van der Waals surface area contributed by atoms with Crippen LogP contribution in [0.25, 0.3) is 0 Å². The quantitative estimate of drug-likeness (QED) is 0.783. The van der Waals surface area contributed by atoms with Crippen LogP contribution in [0.5, 0.6) is 0 Å². The number of carbonyl (C=O) groups excluding carboxylic acids is 1. The number of rotatable bonds is 6. The molecule has 0 unspecified atom stereocenters. The van der Waals surface area contributed by atoms with Crippen molar-refractivity contribution < 1.29 is 13.2 Å². The summed E-state index contributed by atoms with van der Waals surface area (Å²) in [5.41, 5.74) is 7.61. The summed E-state index contributed by atoms with van der Waals surface area (Å²) >= 11 is 1.33. The van der Waals surface area contributed by atoms with Crippen LogP contribution in [0.1, 0.15) is 40.9 Å². The predicted molar refractivity (Wildman–Crippen MR) is 78.9 cm³/mol. The SMILES string of the molecule is CC(=O)c1sc(NCCS(C)(=O)=O)c(C2CC2)c1N. The lowest BCUT2D eigenvalue weighted by atomic mass is 10.1. The van der Waals surface area contributed by atoms with Crippen LogP contribution in [0, 0.1) is 0 Å². The highest BCUT2D eigenvalue weighted by Gasteiger charge is 2.32. The van der Waals surface area contributed by atoms with E-state index in [4.69, 9.17) is 5.73 Å². The number of hydrogen-bond donors (Lipinski definition) is 2. The van der Waals surface area contributed by atoms with Crippen molar-refractivity contribution in [3.63, 3.8) is 0 Å². The van der Waals surface area contributed by atoms with Gasteiger partial charge in [0.2, 0.25) is 0 Å². The van der Waals surface area contributed by atoms with E-state index in [9.17, 15) is 13.2 Å². The van der Waals surface area contributed by atoms with E-state index in [0.717, 1.165) is 23.4 Å². The van der Waals surface area contributed by atoms with Gasteiger partial charge in [0.05, 0.1) is 21.3 Å². The van der Waals surface area contributed by atoms with Gasteiger partial charge in [-0.05, 0) is 18.8 Å². The second kappa shape index (κ2) is 5.13. The number of thiophene rings is 1. The fourth-order valence-corrected chi connectivity index (χ4v) is 3.58. The Bertz CT molecular complexity index is 601. The van der Waals surface area contributed by atoms with E-state index in [-0.39, 0.29) is 11.5 Å². The smallest absolute Gasteiger partial charge is 0.171 e. The Morgan fingerprint density at radius 1 is 1.47 bits per heavy atom. The van der Waals surface area contributed by atoms with Crippen LogP contribution in [0.3, 0.4) is 0 Å². The number of Topliss-reactive ketones (excluding diaryl/α,β-unsaturated/α-hetero) is 1. The van der Waals surface area contributed by atoms with Crippen LogP contribution in [-0.4, -0.2) is 32.8 Å². The van der Waals surface area contributed by atoms with Crippen LogP contribution in [-0.2, 0) is 9.84 Å². The molecule has 1 heterocycles. The minimum absolute atomic E-state index is 0.0411. The zero-order valence-electron chi connectivity index (χ0n) is 11.0. The Hall–Kier alpha value is -1.08. The zero-order chi connectivity index (χ0) is 14.2. The Labute approximate surface area is 117 Å². The third-order valence-corrected chi connectivity index (χ3v) is 5.27. The first-order chi connectivity index (χ1) is 8.79. The molecule has 1 aliphatic carbocycles. The molecule has 1 aromatic rings. The van der Waals surface area contributed by atoms with Gasteiger partial charge in [0.25, 0.3) is 0 Å². The monoisotopic (exact) mass is 302 g/mol. The number of nitrogen functional groups attached to an aromatic ring is 1. The largest absolute Gasteiger partial charge is 0.397 e. The number of ketones is 1. The molecule has 0 atom stereocenters. The van der Waals surface area contributed by atoms with E-state index < -0.39 is 9.84 Å². The van der Waals surface area contributed by atoms with Crippen LogP contribution in [0.15, 0.2) is 0 Å². The predicted octanol–water partition coefficient (Wildman–Crippen LogP) is 1.87. The van der Waals surface area contributed by atoms with Gasteiger partial charge in [-0.3, -0.25) is 4.79 Å². The Morgan fingerprint density at radius 3 is 2.58 bits per heavy atom. The molecule has 106 valence electrons. The van der Waals surface area contributed by atoms with Gasteiger partial charge in [-0.1, -0.05) is 0 Å². The topological polar surface area (TPSA) is 89.3 Å². The summed E-state index contributed by atoms with van der Waals surface area (Å²) in [6.45, 7) is 1.84. The number of nitrogens with one attached hydrogen (secondary N) is 1. The third-order valence-electron chi connectivity index (χ3n) is 3.05. The molecule has 19 heavy (non-hydrogen) atoms. The van der Waals surface area contributed by atoms with E-state index in [2.05, 4.69) is 5.32 Å². The third kappa shape index (κ3) is 3.48. The highest BCUT2D eigenvalue weighted by atomic mass is 32.2. The number of nitrogens with two attached hydrogens (primary N) is 1. The molecule has 1 aromatic heterocycles. The molecule has 0 aromatic carbocycles. The van der Waals surface area contributed by atoms with E-state index in [1.807, 2.05) is 0 Å². The lowest BCUT2D eigenvalue weighted by Gasteiger charge is -2.06. The van der Waals surface area contributed by atoms with Crippen molar-refractivity contribution in [3.05, 3.63) is 10.4 Å². The Kier molecular flexibility index (Phi) is 3.87. The molecule has 5 nitrogen and oxygen atoms in total. The number of carbonyl (C=O) groups is 1. The first kappa shape index (κ1) is 14.3. The minimum atomic E-state index is -2.99. The van der Waals surface area contributed by atoms with Gasteiger partial charge in [0.1, 0.15) is 9.84 Å². The van der Waals surface area contributed by atoms with Crippen molar-refractivity contribution in [2.45, 2.75) is 25.7 Å². The maximum absolute atomic E-state index is 11.5. The van der Waals surface area contributed by atoms with Gasteiger partial charge >= 0.3 is 0 Å². The summed E-state index contributed by atoms with van der Waals surface area (Å²) in [7, 11) is -2.99. The van der Waals surface area contributed by atoms with Crippen molar-refractivity contribution >= 4 is 37.6 Å². The summed E-state index contributed by atoms with van der Waals surface area (Å²) in [5, 5.41) is 3.97. The molecule has 0 spiro atoms. The maximum Gasteiger partial charge on any atom is 0.171 e. The fourth-order valence-electron chi connectivity index (χ4n) is 1.98. The lowest BCUT2D eigenvalue weighted by molar-refractivity contribution is 0.102. The number of anilines is 2. The van der Waals surface area contributed by atoms with Gasteiger partial charge < -0.3 is 11.1 Å². The van der Waals surface area contributed by atoms with Crippen LogP contribution >= 0.6 is 11.3 Å². The van der Waals surface area contributed by atoms with E-state index in [1.165, 1.54) is 24.5 Å². The van der Waals surface area contributed by atoms with Gasteiger partial charge in [0, 0.05) is 25.3 Å². The Morgan fingerprint density at radius 2 is 2.11 bits per heavy atom. The van der Waals surface area contributed by atoms with E-state index >= 15 is 0 Å².